The Bertz CT molecular complexity index is 633. The number of aliphatic hydroxyl groups is 2. The summed E-state index contributed by atoms with van der Waals surface area (Å²) < 4.78 is 10.8. The molecule has 1 heterocycles. The Hall–Kier alpha value is -1.92. The summed E-state index contributed by atoms with van der Waals surface area (Å²) in [5.74, 6) is -2.25. The van der Waals surface area contributed by atoms with E-state index in [4.69, 9.17) is 9.47 Å². The van der Waals surface area contributed by atoms with Crippen molar-refractivity contribution < 1.29 is 29.3 Å². The highest BCUT2D eigenvalue weighted by molar-refractivity contribution is 6.00. The SMILES string of the molecule is C=C1/C=C(\C)C(CC)OC(=O)C(C)C(O)(CO)C(=O)/C=C(/OC)CC(C)C1. The van der Waals surface area contributed by atoms with E-state index in [-0.39, 0.29) is 5.92 Å². The fraction of sp³-hybridized carbons (Fsp3) is 0.619. The Morgan fingerprint density at radius 3 is 2.44 bits per heavy atom. The Morgan fingerprint density at radius 2 is 1.93 bits per heavy atom. The van der Waals surface area contributed by atoms with E-state index < -0.39 is 36.0 Å². The number of carbonyl (C=O) groups excluding carboxylic acids is 2. The fourth-order valence-corrected chi connectivity index (χ4v) is 3.17. The number of cyclic esters (lactones) is 1. The molecule has 0 saturated carbocycles. The van der Waals surface area contributed by atoms with E-state index in [0.29, 0.717) is 25.0 Å². The minimum Gasteiger partial charge on any atom is -0.501 e. The van der Waals surface area contributed by atoms with E-state index in [2.05, 4.69) is 6.58 Å². The molecule has 0 aromatic rings. The van der Waals surface area contributed by atoms with Crippen LogP contribution >= 0.6 is 0 Å². The van der Waals surface area contributed by atoms with Crippen LogP contribution in [0.25, 0.3) is 0 Å². The number of methoxy groups -OCH3 is 1. The zero-order chi connectivity index (χ0) is 20.8. The van der Waals surface area contributed by atoms with Crippen LogP contribution in [0.3, 0.4) is 0 Å². The van der Waals surface area contributed by atoms with Crippen molar-refractivity contribution in [1.29, 1.82) is 0 Å². The lowest BCUT2D eigenvalue weighted by atomic mass is 9.84. The lowest BCUT2D eigenvalue weighted by molar-refractivity contribution is -0.169. The molecule has 1 rings (SSSR count). The van der Waals surface area contributed by atoms with Gasteiger partial charge in [0, 0.05) is 12.5 Å². The Morgan fingerprint density at radius 1 is 1.30 bits per heavy atom. The average Bonchev–Trinajstić information content (AvgIpc) is 2.62. The van der Waals surface area contributed by atoms with Crippen LogP contribution in [0.1, 0.15) is 47.0 Å². The lowest BCUT2D eigenvalue weighted by Crippen LogP contribution is -2.51. The van der Waals surface area contributed by atoms with Crippen molar-refractivity contribution in [2.45, 2.75) is 58.7 Å². The number of rotatable bonds is 3. The molecule has 6 heteroatoms. The van der Waals surface area contributed by atoms with Crippen molar-refractivity contribution in [2.75, 3.05) is 13.7 Å². The van der Waals surface area contributed by atoms with Gasteiger partial charge in [0.25, 0.3) is 0 Å². The van der Waals surface area contributed by atoms with Crippen molar-refractivity contribution >= 4 is 11.8 Å². The highest BCUT2D eigenvalue weighted by atomic mass is 16.5. The van der Waals surface area contributed by atoms with Gasteiger partial charge in [0.1, 0.15) is 6.10 Å². The number of carbonyl (C=O) groups is 2. The number of ketones is 1. The lowest BCUT2D eigenvalue weighted by Gasteiger charge is -2.30. The number of esters is 1. The zero-order valence-electron chi connectivity index (χ0n) is 16.9. The molecule has 0 spiro atoms. The molecule has 152 valence electrons. The monoisotopic (exact) mass is 380 g/mol. The molecule has 0 aliphatic carbocycles. The Kier molecular flexibility index (Phi) is 8.44. The van der Waals surface area contributed by atoms with Gasteiger partial charge in [0.2, 0.25) is 0 Å². The second kappa shape index (κ2) is 9.85. The molecule has 4 unspecified atom stereocenters. The third-order valence-electron chi connectivity index (χ3n) is 5.02. The second-order valence-electron chi connectivity index (χ2n) is 7.38. The maximum atomic E-state index is 12.6. The first-order valence-corrected chi connectivity index (χ1v) is 9.27. The number of aliphatic hydroxyl groups excluding tert-OH is 1. The Balaban J connectivity index is 3.38. The molecule has 1 aliphatic rings. The summed E-state index contributed by atoms with van der Waals surface area (Å²) in [5.41, 5.74) is -0.532. The van der Waals surface area contributed by atoms with Gasteiger partial charge in [-0.1, -0.05) is 32.1 Å². The minimum absolute atomic E-state index is 0.144. The zero-order valence-corrected chi connectivity index (χ0v) is 16.9. The van der Waals surface area contributed by atoms with Crippen LogP contribution in [0, 0.1) is 11.8 Å². The summed E-state index contributed by atoms with van der Waals surface area (Å²) in [6.45, 7) is 10.3. The highest BCUT2D eigenvalue weighted by Crippen LogP contribution is 2.27. The van der Waals surface area contributed by atoms with Crippen LogP contribution in [0.5, 0.6) is 0 Å². The molecule has 2 N–H and O–H groups in total. The molecule has 0 aromatic heterocycles. The molecule has 0 radical (unpaired) electrons. The first kappa shape index (κ1) is 23.1. The van der Waals surface area contributed by atoms with Gasteiger partial charge < -0.3 is 19.7 Å². The van der Waals surface area contributed by atoms with Crippen LogP contribution in [-0.4, -0.2) is 47.4 Å². The molecule has 4 atom stereocenters. The van der Waals surface area contributed by atoms with Gasteiger partial charge in [0.15, 0.2) is 11.4 Å². The molecular formula is C21H32O6. The minimum atomic E-state index is -2.27. The maximum absolute atomic E-state index is 12.6. The van der Waals surface area contributed by atoms with Crippen molar-refractivity contribution in [3.63, 3.8) is 0 Å². The van der Waals surface area contributed by atoms with Gasteiger partial charge in [-0.05, 0) is 38.2 Å². The number of ether oxygens (including phenoxy) is 2. The van der Waals surface area contributed by atoms with Crippen molar-refractivity contribution in [3.05, 3.63) is 35.6 Å². The average molecular weight is 380 g/mol. The first-order valence-electron chi connectivity index (χ1n) is 9.27. The van der Waals surface area contributed by atoms with Crippen LogP contribution in [0.4, 0.5) is 0 Å². The van der Waals surface area contributed by atoms with Gasteiger partial charge in [-0.25, -0.2) is 0 Å². The van der Waals surface area contributed by atoms with Crippen LogP contribution < -0.4 is 0 Å². The van der Waals surface area contributed by atoms with E-state index in [1.165, 1.54) is 14.0 Å². The second-order valence-corrected chi connectivity index (χ2v) is 7.38. The highest BCUT2D eigenvalue weighted by Gasteiger charge is 2.45. The van der Waals surface area contributed by atoms with Crippen molar-refractivity contribution in [3.8, 4) is 0 Å². The third kappa shape index (κ3) is 5.78. The van der Waals surface area contributed by atoms with E-state index in [0.717, 1.165) is 17.2 Å². The molecular weight excluding hydrogens is 348 g/mol. The molecule has 1 aliphatic heterocycles. The van der Waals surface area contributed by atoms with Gasteiger partial charge in [0.05, 0.1) is 25.4 Å². The van der Waals surface area contributed by atoms with Gasteiger partial charge in [-0.2, -0.15) is 0 Å². The molecule has 27 heavy (non-hydrogen) atoms. The summed E-state index contributed by atoms with van der Waals surface area (Å²) in [6.07, 6.45) is 4.27. The maximum Gasteiger partial charge on any atom is 0.312 e. The molecule has 0 amide bonds. The fourth-order valence-electron chi connectivity index (χ4n) is 3.17. The molecule has 0 saturated heterocycles. The van der Waals surface area contributed by atoms with Crippen LogP contribution in [0.15, 0.2) is 35.6 Å². The molecule has 0 aromatic carbocycles. The number of hydrogen-bond acceptors (Lipinski definition) is 6. The summed E-state index contributed by atoms with van der Waals surface area (Å²) in [5, 5.41) is 20.4. The smallest absolute Gasteiger partial charge is 0.312 e. The van der Waals surface area contributed by atoms with E-state index in [9.17, 15) is 19.8 Å². The van der Waals surface area contributed by atoms with Crippen LogP contribution in [-0.2, 0) is 19.1 Å². The standard InChI is InChI=1S/C21H32O6/c1-7-18-15(4)9-13(2)8-14(3)10-17(26-6)11-19(23)21(25,12-22)16(5)20(24)27-18/h9,11,14,16,18,22,25H,2,7-8,10,12H2,1,3-6H3/b15-9+,17-11+. The first-order chi connectivity index (χ1) is 12.6. The van der Waals surface area contributed by atoms with Crippen LogP contribution in [0.2, 0.25) is 0 Å². The van der Waals surface area contributed by atoms with Crippen molar-refractivity contribution in [1.82, 2.24) is 0 Å². The van der Waals surface area contributed by atoms with E-state index in [1.54, 1.807) is 0 Å². The normalized spacial score (nSPS) is 35.4. The molecule has 0 fully saturated rings. The quantitative estimate of drug-likeness (QED) is 0.731. The topological polar surface area (TPSA) is 93.1 Å². The Labute approximate surface area is 161 Å². The third-order valence-corrected chi connectivity index (χ3v) is 5.02. The number of allylic oxidation sites excluding steroid dienone is 3. The summed E-state index contributed by atoms with van der Waals surface area (Å²) >= 11 is 0. The number of hydrogen-bond donors (Lipinski definition) is 2. The predicted molar refractivity (Wildman–Crippen MR) is 103 cm³/mol. The largest absolute Gasteiger partial charge is 0.501 e. The van der Waals surface area contributed by atoms with Gasteiger partial charge in [-0.3, -0.25) is 9.59 Å². The molecule has 6 nitrogen and oxygen atoms in total. The van der Waals surface area contributed by atoms with Gasteiger partial charge in [-0.15, -0.1) is 0 Å². The summed E-state index contributed by atoms with van der Waals surface area (Å²) in [6, 6.07) is 0. The van der Waals surface area contributed by atoms with Gasteiger partial charge >= 0.3 is 5.97 Å². The summed E-state index contributed by atoms with van der Waals surface area (Å²) in [4.78, 5) is 25.2. The summed E-state index contributed by atoms with van der Waals surface area (Å²) in [7, 11) is 1.44. The van der Waals surface area contributed by atoms with Crippen molar-refractivity contribution in [2.24, 2.45) is 11.8 Å². The predicted octanol–water partition coefficient (Wildman–Crippen LogP) is 2.70. The van der Waals surface area contributed by atoms with E-state index in [1.807, 2.05) is 26.8 Å². The van der Waals surface area contributed by atoms with E-state index >= 15 is 0 Å². The molecule has 0 bridgehead atoms.